The van der Waals surface area contributed by atoms with Crippen LogP contribution in [0.1, 0.15) is 17.2 Å². The Kier molecular flexibility index (Phi) is 5.60. The number of hydrogen-bond acceptors (Lipinski definition) is 3. The van der Waals surface area contributed by atoms with Crippen LogP contribution in [0.25, 0.3) is 5.57 Å². The molecular formula is C21H18Cl2N2OS. The maximum absolute atomic E-state index is 6.35. The van der Waals surface area contributed by atoms with E-state index < -0.39 is 0 Å². The first-order valence-corrected chi connectivity index (χ1v) is 10.2. The largest absolute Gasteiger partial charge is 0.368 e. The zero-order valence-corrected chi connectivity index (χ0v) is 16.8. The topological polar surface area (TPSA) is 27.1 Å². The van der Waals surface area contributed by atoms with E-state index in [4.69, 9.17) is 27.9 Å². The van der Waals surface area contributed by atoms with Gasteiger partial charge in [-0.2, -0.15) is 0 Å². The van der Waals surface area contributed by atoms with Crippen LogP contribution in [0.3, 0.4) is 0 Å². The molecule has 0 saturated heterocycles. The van der Waals surface area contributed by atoms with Gasteiger partial charge in [0.2, 0.25) is 0 Å². The van der Waals surface area contributed by atoms with Gasteiger partial charge < -0.3 is 9.30 Å². The Morgan fingerprint density at radius 3 is 2.67 bits per heavy atom. The molecule has 0 radical (unpaired) electrons. The van der Waals surface area contributed by atoms with Crippen LogP contribution < -0.4 is 0 Å². The summed E-state index contributed by atoms with van der Waals surface area (Å²) in [5.41, 5.74) is 3.14. The number of benzene rings is 2. The molecule has 0 aliphatic carbocycles. The third-order valence-corrected chi connectivity index (χ3v) is 6.33. The zero-order chi connectivity index (χ0) is 18.8. The minimum Gasteiger partial charge on any atom is -0.368 e. The Hall–Kier alpha value is -1.72. The molecule has 0 N–H and O–H groups in total. The fraction of sp³-hybridized carbons (Fsp3) is 0.190. The monoisotopic (exact) mass is 416 g/mol. The summed E-state index contributed by atoms with van der Waals surface area (Å²) in [5, 5.41) is 1.70. The van der Waals surface area contributed by atoms with Gasteiger partial charge in [-0.05, 0) is 41.0 Å². The third-order valence-electron chi connectivity index (χ3n) is 4.54. The van der Waals surface area contributed by atoms with Crippen LogP contribution in [0.4, 0.5) is 0 Å². The highest BCUT2D eigenvalue weighted by atomic mass is 35.5. The lowest BCUT2D eigenvalue weighted by atomic mass is 10.1. The van der Waals surface area contributed by atoms with Crippen molar-refractivity contribution in [2.45, 2.75) is 22.8 Å². The summed E-state index contributed by atoms with van der Waals surface area (Å²) in [6.45, 7) is 5.44. The molecule has 2 heterocycles. The molecule has 138 valence electrons. The Labute approximate surface area is 173 Å². The van der Waals surface area contributed by atoms with Crippen LogP contribution in [0.5, 0.6) is 0 Å². The number of hydrogen-bond donors (Lipinski definition) is 0. The minimum absolute atomic E-state index is 0.0336. The molecule has 0 spiro atoms. The van der Waals surface area contributed by atoms with Gasteiger partial charge in [0.25, 0.3) is 0 Å². The van der Waals surface area contributed by atoms with Crippen molar-refractivity contribution in [3.8, 4) is 0 Å². The summed E-state index contributed by atoms with van der Waals surface area (Å²) < 4.78 is 8.43. The molecule has 2 aromatic carbocycles. The van der Waals surface area contributed by atoms with Crippen LogP contribution in [0, 0.1) is 0 Å². The highest BCUT2D eigenvalue weighted by Gasteiger charge is 2.34. The molecular weight excluding hydrogens is 399 g/mol. The minimum atomic E-state index is -0.0336. The van der Waals surface area contributed by atoms with Gasteiger partial charge in [-0.3, -0.25) is 0 Å². The van der Waals surface area contributed by atoms with Crippen molar-refractivity contribution in [3.63, 3.8) is 0 Å². The molecule has 1 aliphatic rings. The fourth-order valence-electron chi connectivity index (χ4n) is 3.16. The van der Waals surface area contributed by atoms with Crippen LogP contribution in [0.2, 0.25) is 10.0 Å². The number of thioether (sulfide) groups is 1. The van der Waals surface area contributed by atoms with E-state index in [2.05, 4.69) is 22.2 Å². The van der Waals surface area contributed by atoms with E-state index in [-0.39, 0.29) is 11.4 Å². The standard InChI is InChI=1S/C21H18Cl2N2OS/c1-14(15-2-4-16(22)5-3-15)12-26-21-18-7-6-17(23)10-19(18)27-20(21)11-25-9-8-24-13-25/h2-10,13,20-21H,1,11-12H2/t20-,21-/m0/s1. The lowest BCUT2D eigenvalue weighted by Gasteiger charge is -2.21. The third kappa shape index (κ3) is 4.25. The summed E-state index contributed by atoms with van der Waals surface area (Å²) in [5.74, 6) is 0. The summed E-state index contributed by atoms with van der Waals surface area (Å²) in [4.78, 5) is 5.32. The molecule has 3 aromatic rings. The van der Waals surface area contributed by atoms with Gasteiger partial charge in [0.05, 0.1) is 24.3 Å². The molecule has 0 amide bonds. The van der Waals surface area contributed by atoms with Crippen molar-refractivity contribution in [3.05, 3.63) is 88.9 Å². The highest BCUT2D eigenvalue weighted by Crippen LogP contribution is 2.47. The van der Waals surface area contributed by atoms with Crippen LogP contribution >= 0.6 is 35.0 Å². The van der Waals surface area contributed by atoms with Gasteiger partial charge in [0.15, 0.2) is 0 Å². The first-order valence-electron chi connectivity index (χ1n) is 8.57. The van der Waals surface area contributed by atoms with E-state index in [9.17, 15) is 0 Å². The maximum Gasteiger partial charge on any atom is 0.0979 e. The number of nitrogens with zero attached hydrogens (tertiary/aromatic N) is 2. The number of imidazole rings is 1. The van der Waals surface area contributed by atoms with Gasteiger partial charge in [-0.25, -0.2) is 4.98 Å². The lowest BCUT2D eigenvalue weighted by Crippen LogP contribution is -2.20. The Bertz CT molecular complexity index is 941. The van der Waals surface area contributed by atoms with Gasteiger partial charge in [0.1, 0.15) is 0 Å². The Balaban J connectivity index is 1.51. The molecule has 1 aromatic heterocycles. The highest BCUT2D eigenvalue weighted by molar-refractivity contribution is 8.00. The fourth-order valence-corrected chi connectivity index (χ4v) is 4.96. The summed E-state index contributed by atoms with van der Waals surface area (Å²) in [7, 11) is 0. The summed E-state index contributed by atoms with van der Waals surface area (Å²) in [6.07, 6.45) is 5.57. The molecule has 6 heteroatoms. The molecule has 0 saturated carbocycles. The molecule has 1 aliphatic heterocycles. The smallest absolute Gasteiger partial charge is 0.0979 e. The van der Waals surface area contributed by atoms with Crippen molar-refractivity contribution in [2.75, 3.05) is 6.61 Å². The zero-order valence-electron chi connectivity index (χ0n) is 14.5. The van der Waals surface area contributed by atoms with E-state index in [1.54, 1.807) is 18.0 Å². The number of aromatic nitrogens is 2. The van der Waals surface area contributed by atoms with Gasteiger partial charge in [-0.15, -0.1) is 11.8 Å². The molecule has 0 unspecified atom stereocenters. The van der Waals surface area contributed by atoms with E-state index >= 15 is 0 Å². The second-order valence-corrected chi connectivity index (χ2v) is 8.59. The quantitative estimate of drug-likeness (QED) is 0.482. The van der Waals surface area contributed by atoms with Crippen molar-refractivity contribution >= 4 is 40.5 Å². The lowest BCUT2D eigenvalue weighted by molar-refractivity contribution is 0.0742. The van der Waals surface area contributed by atoms with Crippen molar-refractivity contribution in [2.24, 2.45) is 0 Å². The molecule has 0 fully saturated rings. The average Bonchev–Trinajstić information content (AvgIpc) is 3.28. The molecule has 3 nitrogen and oxygen atoms in total. The van der Waals surface area contributed by atoms with E-state index in [1.807, 2.05) is 48.9 Å². The normalized spacial score (nSPS) is 18.4. The average molecular weight is 417 g/mol. The first-order chi connectivity index (χ1) is 13.1. The number of rotatable bonds is 6. The second-order valence-electron chi connectivity index (χ2n) is 6.44. The van der Waals surface area contributed by atoms with Gasteiger partial charge in [0, 0.05) is 33.9 Å². The summed E-state index contributed by atoms with van der Waals surface area (Å²) >= 11 is 14.0. The second kappa shape index (κ2) is 8.11. The van der Waals surface area contributed by atoms with Crippen LogP contribution in [-0.2, 0) is 11.3 Å². The van der Waals surface area contributed by atoms with E-state index in [1.165, 1.54) is 10.5 Å². The molecule has 27 heavy (non-hydrogen) atoms. The van der Waals surface area contributed by atoms with Crippen molar-refractivity contribution in [1.29, 1.82) is 0 Å². The van der Waals surface area contributed by atoms with E-state index in [0.29, 0.717) is 11.6 Å². The SMILES string of the molecule is C=C(CO[C@H]1c2ccc(Cl)cc2S[C@H]1Cn1ccnc1)c1ccc(Cl)cc1. The Morgan fingerprint density at radius 2 is 1.93 bits per heavy atom. The number of fused-ring (bicyclic) bond motifs is 1. The van der Waals surface area contributed by atoms with Crippen molar-refractivity contribution < 1.29 is 4.74 Å². The predicted octanol–water partition coefficient (Wildman–Crippen LogP) is 6.14. The van der Waals surface area contributed by atoms with Gasteiger partial charge >= 0.3 is 0 Å². The van der Waals surface area contributed by atoms with E-state index in [0.717, 1.165) is 22.7 Å². The molecule has 2 atom stereocenters. The van der Waals surface area contributed by atoms with Gasteiger partial charge in [-0.1, -0.05) is 48.0 Å². The molecule has 4 rings (SSSR count). The van der Waals surface area contributed by atoms with Crippen LogP contribution in [0.15, 0.2) is 72.7 Å². The first kappa shape index (κ1) is 18.6. The van der Waals surface area contributed by atoms with Crippen molar-refractivity contribution in [1.82, 2.24) is 9.55 Å². The number of halogens is 2. The summed E-state index contributed by atoms with van der Waals surface area (Å²) in [6, 6.07) is 13.7. The number of ether oxygens (including phenoxy) is 1. The van der Waals surface area contributed by atoms with Crippen LogP contribution in [-0.4, -0.2) is 21.4 Å². The maximum atomic E-state index is 6.35. The Morgan fingerprint density at radius 1 is 1.15 bits per heavy atom. The molecule has 0 bridgehead atoms. The predicted molar refractivity (Wildman–Crippen MR) is 113 cm³/mol.